The fourth-order valence-electron chi connectivity index (χ4n) is 4.37. The number of phenols is 2. The minimum absolute atomic E-state index is 0.0162. The molecule has 13 heteroatoms. The molecule has 1 aromatic heterocycles. The monoisotopic (exact) mass is 594 g/mol. The summed E-state index contributed by atoms with van der Waals surface area (Å²) in [6.07, 6.45) is 3.44. The van der Waals surface area contributed by atoms with Gasteiger partial charge in [0, 0.05) is 24.7 Å². The van der Waals surface area contributed by atoms with E-state index in [1.165, 1.54) is 36.8 Å². The number of carbonyl (C=O) groups excluding carboxylic acids is 3. The van der Waals surface area contributed by atoms with Gasteiger partial charge in [0.25, 0.3) is 0 Å². The van der Waals surface area contributed by atoms with Crippen LogP contribution in [0, 0.1) is 5.92 Å². The molecular weight excluding hydrogens is 556 g/mol. The van der Waals surface area contributed by atoms with Crippen LogP contribution in [0.1, 0.15) is 37.1 Å². The molecule has 0 spiro atoms. The molecule has 3 aromatic rings. The zero-order chi connectivity index (χ0) is 31.5. The first-order valence-corrected chi connectivity index (χ1v) is 13.9. The first-order valence-electron chi connectivity index (χ1n) is 13.9. The molecule has 43 heavy (non-hydrogen) atoms. The van der Waals surface area contributed by atoms with Crippen molar-refractivity contribution in [1.82, 2.24) is 25.9 Å². The van der Waals surface area contributed by atoms with Gasteiger partial charge in [-0.25, -0.2) is 9.78 Å². The van der Waals surface area contributed by atoms with Gasteiger partial charge in [0.05, 0.1) is 12.4 Å². The number of carboxylic acid groups (broad SMARTS) is 1. The van der Waals surface area contributed by atoms with E-state index in [4.69, 9.17) is 5.73 Å². The second-order valence-corrected chi connectivity index (χ2v) is 10.5. The highest BCUT2D eigenvalue weighted by molar-refractivity contribution is 5.94. The zero-order valence-electron chi connectivity index (χ0n) is 24.0. The zero-order valence-corrected chi connectivity index (χ0v) is 24.0. The molecule has 3 amide bonds. The summed E-state index contributed by atoms with van der Waals surface area (Å²) >= 11 is 0. The minimum Gasteiger partial charge on any atom is -0.508 e. The number of amides is 3. The smallest absolute Gasteiger partial charge is 0.326 e. The summed E-state index contributed by atoms with van der Waals surface area (Å²) in [7, 11) is 0. The summed E-state index contributed by atoms with van der Waals surface area (Å²) in [5, 5.41) is 36.8. The maximum absolute atomic E-state index is 13.6. The number of carboxylic acids is 1. The van der Waals surface area contributed by atoms with Gasteiger partial charge in [-0.1, -0.05) is 44.5 Å². The molecule has 2 aromatic carbocycles. The first-order chi connectivity index (χ1) is 20.5. The number of rotatable bonds is 15. The van der Waals surface area contributed by atoms with Gasteiger partial charge in [-0.15, -0.1) is 0 Å². The average molecular weight is 595 g/mol. The van der Waals surface area contributed by atoms with Crippen LogP contribution < -0.4 is 21.7 Å². The third-order valence-corrected chi connectivity index (χ3v) is 7.12. The molecule has 3 rings (SSSR count). The predicted molar refractivity (Wildman–Crippen MR) is 157 cm³/mol. The van der Waals surface area contributed by atoms with Crippen molar-refractivity contribution in [2.75, 3.05) is 0 Å². The summed E-state index contributed by atoms with van der Waals surface area (Å²) in [5.41, 5.74) is 7.94. The fourth-order valence-corrected chi connectivity index (χ4v) is 4.37. The number of nitrogens with one attached hydrogen (secondary N) is 4. The van der Waals surface area contributed by atoms with E-state index in [0.29, 0.717) is 17.7 Å². The molecule has 5 unspecified atom stereocenters. The SMILES string of the molecule is CCC(C)C(NC(=O)C(N)Cc1ccc(O)cc1)C(=O)NC(Cc1ccc(O)cc1)C(=O)NC(Cc1cnc[nH]1)C(=O)O. The Balaban J connectivity index is 1.78. The van der Waals surface area contributed by atoms with E-state index in [-0.39, 0.29) is 36.7 Å². The standard InChI is InChI=1S/C30H38N6O7/c1-3-17(2)26(36-27(39)23(31)12-18-4-8-21(37)9-5-18)29(41)34-24(13-19-6-10-22(38)11-7-19)28(40)35-25(30(42)43)14-20-15-32-16-33-20/h4-11,15-17,23-26,37-38H,3,12-14,31H2,1-2H3,(H,32,33)(H,34,41)(H,35,40)(H,36,39)(H,42,43). The van der Waals surface area contributed by atoms with Crippen LogP contribution in [-0.2, 0) is 38.4 Å². The Morgan fingerprint density at radius 1 is 0.814 bits per heavy atom. The summed E-state index contributed by atoms with van der Waals surface area (Å²) < 4.78 is 0. The van der Waals surface area contributed by atoms with Crippen LogP contribution in [0.2, 0.25) is 0 Å². The van der Waals surface area contributed by atoms with Gasteiger partial charge in [0.2, 0.25) is 17.7 Å². The largest absolute Gasteiger partial charge is 0.508 e. The molecule has 230 valence electrons. The van der Waals surface area contributed by atoms with E-state index in [2.05, 4.69) is 25.9 Å². The van der Waals surface area contributed by atoms with Crippen LogP contribution in [0.3, 0.4) is 0 Å². The molecule has 0 aliphatic rings. The van der Waals surface area contributed by atoms with E-state index < -0.39 is 47.9 Å². The average Bonchev–Trinajstić information content (AvgIpc) is 3.50. The fraction of sp³-hybridized carbons (Fsp3) is 0.367. The highest BCUT2D eigenvalue weighted by Crippen LogP contribution is 2.15. The van der Waals surface area contributed by atoms with Gasteiger partial charge in [-0.05, 0) is 47.7 Å². The van der Waals surface area contributed by atoms with E-state index in [9.17, 15) is 34.5 Å². The van der Waals surface area contributed by atoms with Crippen molar-refractivity contribution in [2.45, 2.75) is 63.7 Å². The second-order valence-electron chi connectivity index (χ2n) is 10.5. The molecule has 0 fully saturated rings. The van der Waals surface area contributed by atoms with Crippen molar-refractivity contribution in [3.05, 3.63) is 77.9 Å². The summed E-state index contributed by atoms with van der Waals surface area (Å²) in [6.45, 7) is 3.62. The number of nitrogens with two attached hydrogens (primary N) is 1. The number of nitrogens with zero attached hydrogens (tertiary/aromatic N) is 1. The highest BCUT2D eigenvalue weighted by Gasteiger charge is 2.33. The Morgan fingerprint density at radius 3 is 1.88 bits per heavy atom. The van der Waals surface area contributed by atoms with E-state index >= 15 is 0 Å². The highest BCUT2D eigenvalue weighted by atomic mass is 16.4. The number of aliphatic carboxylic acids is 1. The van der Waals surface area contributed by atoms with Crippen LogP contribution in [0.15, 0.2) is 61.1 Å². The number of carbonyl (C=O) groups is 4. The molecule has 13 nitrogen and oxygen atoms in total. The molecular formula is C30H38N6O7. The number of hydrogen-bond donors (Lipinski definition) is 8. The van der Waals surface area contributed by atoms with Gasteiger partial charge >= 0.3 is 5.97 Å². The van der Waals surface area contributed by atoms with Gasteiger partial charge in [-0.2, -0.15) is 0 Å². The van der Waals surface area contributed by atoms with E-state index in [1.807, 2.05) is 6.92 Å². The van der Waals surface area contributed by atoms with Gasteiger partial charge in [0.1, 0.15) is 29.6 Å². The third-order valence-electron chi connectivity index (χ3n) is 7.12. The lowest BCUT2D eigenvalue weighted by Crippen LogP contribution is -2.59. The van der Waals surface area contributed by atoms with Crippen LogP contribution >= 0.6 is 0 Å². The lowest BCUT2D eigenvalue weighted by Gasteiger charge is -2.28. The second kappa shape index (κ2) is 15.4. The molecule has 0 radical (unpaired) electrons. The maximum Gasteiger partial charge on any atom is 0.326 e. The number of benzene rings is 2. The van der Waals surface area contributed by atoms with E-state index in [1.54, 1.807) is 31.2 Å². The number of aromatic hydroxyl groups is 2. The number of phenolic OH excluding ortho intramolecular Hbond substituents is 2. The maximum atomic E-state index is 13.6. The van der Waals surface area contributed by atoms with Crippen molar-refractivity contribution >= 4 is 23.7 Å². The molecule has 0 aliphatic carbocycles. The molecule has 5 atom stereocenters. The number of aromatic amines is 1. The van der Waals surface area contributed by atoms with Gasteiger partial charge in [0.15, 0.2) is 0 Å². The van der Waals surface area contributed by atoms with Crippen molar-refractivity contribution in [3.8, 4) is 11.5 Å². The Morgan fingerprint density at radius 2 is 1.37 bits per heavy atom. The Hall–Kier alpha value is -4.91. The minimum atomic E-state index is -1.31. The normalized spacial score (nSPS) is 14.5. The summed E-state index contributed by atoms with van der Waals surface area (Å²) in [4.78, 5) is 58.6. The number of aromatic nitrogens is 2. The van der Waals surface area contributed by atoms with Crippen LogP contribution in [0.4, 0.5) is 0 Å². The van der Waals surface area contributed by atoms with Crippen molar-refractivity contribution in [1.29, 1.82) is 0 Å². The van der Waals surface area contributed by atoms with Gasteiger partial charge < -0.3 is 42.0 Å². The molecule has 0 aliphatic heterocycles. The van der Waals surface area contributed by atoms with Crippen LogP contribution in [0.5, 0.6) is 11.5 Å². The topological polar surface area (TPSA) is 220 Å². The lowest BCUT2D eigenvalue weighted by atomic mass is 9.96. The van der Waals surface area contributed by atoms with Crippen molar-refractivity contribution in [2.24, 2.45) is 11.7 Å². The summed E-state index contributed by atoms with van der Waals surface area (Å²) in [5.74, 6) is -3.47. The van der Waals surface area contributed by atoms with Crippen LogP contribution in [0.25, 0.3) is 0 Å². The molecule has 1 heterocycles. The Bertz CT molecular complexity index is 1360. The van der Waals surface area contributed by atoms with E-state index in [0.717, 1.165) is 5.56 Å². The third kappa shape index (κ3) is 9.85. The van der Waals surface area contributed by atoms with Crippen LogP contribution in [-0.4, -0.2) is 73.1 Å². The molecule has 0 saturated heterocycles. The molecule has 0 bridgehead atoms. The number of hydrogen-bond acceptors (Lipinski definition) is 8. The van der Waals surface area contributed by atoms with Gasteiger partial charge in [-0.3, -0.25) is 14.4 Å². The van der Waals surface area contributed by atoms with Crippen molar-refractivity contribution < 1.29 is 34.5 Å². The Labute approximate surface area is 248 Å². The van der Waals surface area contributed by atoms with Crippen molar-refractivity contribution in [3.63, 3.8) is 0 Å². The number of H-pyrrole nitrogens is 1. The number of imidazole rings is 1. The quantitative estimate of drug-likeness (QED) is 0.124. The molecule has 9 N–H and O–H groups in total. The summed E-state index contributed by atoms with van der Waals surface area (Å²) in [6, 6.07) is 7.73. The predicted octanol–water partition coefficient (Wildman–Crippen LogP) is 0.761. The first kappa shape index (κ1) is 32.6. The molecule has 0 saturated carbocycles. The Kier molecular flexibility index (Phi) is 11.6. The lowest BCUT2D eigenvalue weighted by molar-refractivity contribution is -0.142.